The second kappa shape index (κ2) is 5.78. The molecule has 3 aromatic rings. The summed E-state index contributed by atoms with van der Waals surface area (Å²) in [7, 11) is 0. The zero-order valence-corrected chi connectivity index (χ0v) is 13.9. The molecular formula is C18H21N5O. The minimum Gasteiger partial charge on any atom is -0.339 e. The Hall–Kier alpha value is -2.63. The number of fused-ring (bicyclic) bond motifs is 1. The van der Waals surface area contributed by atoms with E-state index in [2.05, 4.69) is 28.8 Å². The Labute approximate surface area is 140 Å². The normalized spacial score (nSPS) is 14.5. The first-order chi connectivity index (χ1) is 11.6. The molecule has 1 N–H and O–H groups in total. The summed E-state index contributed by atoms with van der Waals surface area (Å²) in [5.41, 5.74) is 1.37. The van der Waals surface area contributed by atoms with Crippen molar-refractivity contribution in [3.8, 4) is 5.69 Å². The highest BCUT2D eigenvalue weighted by molar-refractivity contribution is 5.76. The predicted molar refractivity (Wildman–Crippen MR) is 94.7 cm³/mol. The van der Waals surface area contributed by atoms with Crippen LogP contribution in [0.5, 0.6) is 0 Å². The van der Waals surface area contributed by atoms with Gasteiger partial charge in [-0.3, -0.25) is 9.78 Å². The largest absolute Gasteiger partial charge is 0.339 e. The van der Waals surface area contributed by atoms with Crippen LogP contribution in [0, 0.1) is 5.92 Å². The number of hydrogen-bond acceptors (Lipinski definition) is 4. The van der Waals surface area contributed by atoms with Crippen molar-refractivity contribution in [2.75, 3.05) is 11.4 Å². The lowest BCUT2D eigenvalue weighted by molar-refractivity contribution is 0.597. The van der Waals surface area contributed by atoms with Crippen molar-refractivity contribution in [1.29, 1.82) is 0 Å². The highest BCUT2D eigenvalue weighted by Crippen LogP contribution is 2.30. The molecule has 2 aromatic heterocycles. The summed E-state index contributed by atoms with van der Waals surface area (Å²) in [5, 5.41) is 4.88. The Morgan fingerprint density at radius 3 is 2.71 bits per heavy atom. The van der Waals surface area contributed by atoms with Crippen molar-refractivity contribution in [3.63, 3.8) is 0 Å². The molecule has 6 heteroatoms. The topological polar surface area (TPSA) is 66.8 Å². The molecule has 0 atom stereocenters. The van der Waals surface area contributed by atoms with Crippen LogP contribution in [0.1, 0.15) is 26.7 Å². The molecule has 0 amide bonds. The number of aromatic amines is 1. The summed E-state index contributed by atoms with van der Waals surface area (Å²) in [6.45, 7) is 5.25. The highest BCUT2D eigenvalue weighted by Gasteiger charge is 2.31. The highest BCUT2D eigenvalue weighted by atomic mass is 16.1. The van der Waals surface area contributed by atoms with Crippen LogP contribution in [0.4, 0.5) is 5.95 Å². The third-order valence-electron chi connectivity index (χ3n) is 4.25. The number of H-pyrrole nitrogens is 1. The van der Waals surface area contributed by atoms with Gasteiger partial charge in [0.1, 0.15) is 5.39 Å². The molecule has 4 rings (SSSR count). The Kier molecular flexibility index (Phi) is 3.59. The third-order valence-corrected chi connectivity index (χ3v) is 4.25. The van der Waals surface area contributed by atoms with Crippen LogP contribution >= 0.6 is 0 Å². The number of hydrogen-bond donors (Lipinski definition) is 1. The molecule has 6 nitrogen and oxygen atoms in total. The van der Waals surface area contributed by atoms with Gasteiger partial charge in [-0.15, -0.1) is 0 Å². The standard InChI is InChI=1S/C18H21N5O/c1-12(2)11-22(13-8-9-13)18-20-16-15(17(24)21-18)10-19-23(16)14-6-4-3-5-7-14/h3-7,10,12-13H,8-9,11H2,1-2H3,(H,20,21,24). The van der Waals surface area contributed by atoms with E-state index in [4.69, 9.17) is 4.98 Å². The Morgan fingerprint density at radius 2 is 2.04 bits per heavy atom. The summed E-state index contributed by atoms with van der Waals surface area (Å²) in [4.78, 5) is 22.4. The maximum absolute atomic E-state index is 12.5. The third kappa shape index (κ3) is 2.68. The van der Waals surface area contributed by atoms with Gasteiger partial charge in [0.25, 0.3) is 5.56 Å². The molecule has 0 unspecified atom stereocenters. The lowest BCUT2D eigenvalue weighted by Crippen LogP contribution is -2.33. The average molecular weight is 323 g/mol. The molecule has 0 radical (unpaired) electrons. The number of anilines is 1. The Morgan fingerprint density at radius 1 is 1.29 bits per heavy atom. The van der Waals surface area contributed by atoms with Gasteiger partial charge in [-0.1, -0.05) is 32.0 Å². The maximum atomic E-state index is 12.5. The Balaban J connectivity index is 1.85. The van der Waals surface area contributed by atoms with Gasteiger partial charge in [-0.25, -0.2) is 4.68 Å². The first-order valence-corrected chi connectivity index (χ1v) is 8.43. The van der Waals surface area contributed by atoms with E-state index in [-0.39, 0.29) is 5.56 Å². The minimum absolute atomic E-state index is 0.133. The maximum Gasteiger partial charge on any atom is 0.263 e. The van der Waals surface area contributed by atoms with Crippen LogP contribution < -0.4 is 10.5 Å². The molecule has 2 heterocycles. The fraction of sp³-hybridized carbons (Fsp3) is 0.389. The van der Waals surface area contributed by atoms with Crippen molar-refractivity contribution in [3.05, 3.63) is 46.9 Å². The van der Waals surface area contributed by atoms with Gasteiger partial charge >= 0.3 is 0 Å². The summed E-state index contributed by atoms with van der Waals surface area (Å²) in [6, 6.07) is 10.3. The van der Waals surface area contributed by atoms with Gasteiger partial charge in [0.15, 0.2) is 5.65 Å². The van der Waals surface area contributed by atoms with E-state index in [0.717, 1.165) is 25.1 Å². The van der Waals surface area contributed by atoms with E-state index < -0.39 is 0 Å². The van der Waals surface area contributed by atoms with Crippen molar-refractivity contribution < 1.29 is 0 Å². The summed E-state index contributed by atoms with van der Waals surface area (Å²) in [6.07, 6.45) is 3.90. The molecular weight excluding hydrogens is 302 g/mol. The van der Waals surface area contributed by atoms with E-state index in [1.165, 1.54) is 0 Å². The second-order valence-corrected chi connectivity index (χ2v) is 6.80. The molecule has 24 heavy (non-hydrogen) atoms. The van der Waals surface area contributed by atoms with E-state index in [1.807, 2.05) is 30.3 Å². The zero-order valence-electron chi connectivity index (χ0n) is 13.9. The van der Waals surface area contributed by atoms with Crippen molar-refractivity contribution in [2.45, 2.75) is 32.7 Å². The number of para-hydroxylation sites is 1. The van der Waals surface area contributed by atoms with Gasteiger partial charge in [0.05, 0.1) is 11.9 Å². The van der Waals surface area contributed by atoms with Gasteiger partial charge in [0, 0.05) is 12.6 Å². The van der Waals surface area contributed by atoms with Crippen LogP contribution in [-0.2, 0) is 0 Å². The van der Waals surface area contributed by atoms with Gasteiger partial charge < -0.3 is 4.90 Å². The van der Waals surface area contributed by atoms with E-state index in [1.54, 1.807) is 10.9 Å². The monoisotopic (exact) mass is 323 g/mol. The molecule has 0 bridgehead atoms. The summed E-state index contributed by atoms with van der Waals surface area (Å²) >= 11 is 0. The SMILES string of the molecule is CC(C)CN(c1nc2c(cnn2-c2ccccc2)c(=O)[nH]1)C1CC1. The number of aromatic nitrogens is 4. The van der Waals surface area contributed by atoms with Crippen molar-refractivity contribution >= 4 is 17.0 Å². The molecule has 1 fully saturated rings. The van der Waals surface area contributed by atoms with Crippen LogP contribution in [-0.4, -0.2) is 32.3 Å². The predicted octanol–water partition coefficient (Wildman–Crippen LogP) is 2.73. The molecule has 1 aliphatic rings. The molecule has 124 valence electrons. The van der Waals surface area contributed by atoms with Crippen LogP contribution in [0.15, 0.2) is 41.3 Å². The van der Waals surface area contributed by atoms with Crippen LogP contribution in [0.2, 0.25) is 0 Å². The zero-order chi connectivity index (χ0) is 16.7. The first kappa shape index (κ1) is 14.9. The van der Waals surface area contributed by atoms with Gasteiger partial charge in [-0.05, 0) is 30.9 Å². The first-order valence-electron chi connectivity index (χ1n) is 8.43. The molecule has 0 spiro atoms. The summed E-state index contributed by atoms with van der Waals surface area (Å²) < 4.78 is 1.73. The lowest BCUT2D eigenvalue weighted by Gasteiger charge is -2.24. The number of nitrogens with zero attached hydrogens (tertiary/aromatic N) is 4. The molecule has 1 aromatic carbocycles. The fourth-order valence-corrected chi connectivity index (χ4v) is 2.99. The van der Waals surface area contributed by atoms with Crippen LogP contribution in [0.25, 0.3) is 16.7 Å². The van der Waals surface area contributed by atoms with E-state index in [9.17, 15) is 4.79 Å². The molecule has 1 saturated carbocycles. The minimum atomic E-state index is -0.133. The lowest BCUT2D eigenvalue weighted by atomic mass is 10.2. The van der Waals surface area contributed by atoms with Crippen LogP contribution in [0.3, 0.4) is 0 Å². The smallest absolute Gasteiger partial charge is 0.263 e. The van der Waals surface area contributed by atoms with Gasteiger partial charge in [0.2, 0.25) is 5.95 Å². The molecule has 0 aliphatic heterocycles. The molecule has 1 aliphatic carbocycles. The number of rotatable bonds is 5. The fourth-order valence-electron chi connectivity index (χ4n) is 2.99. The van der Waals surface area contributed by atoms with Crippen molar-refractivity contribution in [1.82, 2.24) is 19.7 Å². The second-order valence-electron chi connectivity index (χ2n) is 6.80. The van der Waals surface area contributed by atoms with Crippen molar-refractivity contribution in [2.24, 2.45) is 5.92 Å². The quantitative estimate of drug-likeness (QED) is 0.784. The van der Waals surface area contributed by atoms with Gasteiger partial charge in [-0.2, -0.15) is 10.1 Å². The van der Waals surface area contributed by atoms with E-state index >= 15 is 0 Å². The van der Waals surface area contributed by atoms with E-state index in [0.29, 0.717) is 28.9 Å². The number of benzene rings is 1. The molecule has 0 saturated heterocycles. The average Bonchev–Trinajstić information content (AvgIpc) is 3.32. The summed E-state index contributed by atoms with van der Waals surface area (Å²) in [5.74, 6) is 1.16. The number of nitrogens with one attached hydrogen (secondary N) is 1. The Bertz CT molecular complexity index is 908.